The predicted molar refractivity (Wildman–Crippen MR) is 80.2 cm³/mol. The molecule has 0 N–H and O–H groups in total. The molecule has 0 fully saturated rings. The van der Waals surface area contributed by atoms with Crippen LogP contribution in [0.2, 0.25) is 0 Å². The minimum absolute atomic E-state index is 0.0915. The lowest BCUT2D eigenvalue weighted by Crippen LogP contribution is -2.20. The van der Waals surface area contributed by atoms with Gasteiger partial charge in [-0.05, 0) is 12.5 Å². The summed E-state index contributed by atoms with van der Waals surface area (Å²) in [7, 11) is 0. The molecule has 1 aliphatic heterocycles. The third kappa shape index (κ3) is 2.84. The van der Waals surface area contributed by atoms with Crippen molar-refractivity contribution in [3.8, 4) is 5.75 Å². The van der Waals surface area contributed by atoms with Crippen molar-refractivity contribution in [2.24, 2.45) is 0 Å². The van der Waals surface area contributed by atoms with Gasteiger partial charge in [0.05, 0.1) is 13.2 Å². The molecule has 0 spiro atoms. The van der Waals surface area contributed by atoms with Crippen LogP contribution in [0.1, 0.15) is 53.9 Å². The van der Waals surface area contributed by atoms with Crippen molar-refractivity contribution >= 4 is 5.97 Å². The fraction of sp³-hybridized carbons (Fsp3) is 0.412. The molecular formula is C17H19NO4. The minimum atomic E-state index is -0.429. The number of hydrogen-bond acceptors (Lipinski definition) is 5. The van der Waals surface area contributed by atoms with Crippen molar-refractivity contribution in [1.82, 2.24) is 4.98 Å². The first-order valence-electron chi connectivity index (χ1n) is 7.49. The van der Waals surface area contributed by atoms with Gasteiger partial charge in [0.15, 0.2) is 12.1 Å². The number of esters is 1. The topological polar surface area (TPSA) is 61.6 Å². The van der Waals surface area contributed by atoms with Crippen LogP contribution in [-0.4, -0.2) is 24.2 Å². The highest BCUT2D eigenvalue weighted by atomic mass is 16.5. The van der Waals surface area contributed by atoms with E-state index in [1.54, 1.807) is 0 Å². The number of nitrogens with zero attached hydrogens (tertiary/aromatic N) is 1. The molecule has 0 unspecified atom stereocenters. The lowest BCUT2D eigenvalue weighted by Gasteiger charge is -2.25. The van der Waals surface area contributed by atoms with Crippen LogP contribution < -0.4 is 4.74 Å². The van der Waals surface area contributed by atoms with Crippen molar-refractivity contribution in [3.63, 3.8) is 0 Å². The molecular weight excluding hydrogens is 282 g/mol. The number of aromatic nitrogens is 1. The van der Waals surface area contributed by atoms with Crippen LogP contribution in [0.15, 0.2) is 35.1 Å². The van der Waals surface area contributed by atoms with Crippen molar-refractivity contribution in [2.45, 2.75) is 32.1 Å². The van der Waals surface area contributed by atoms with Crippen LogP contribution in [0.3, 0.4) is 0 Å². The molecule has 1 aromatic heterocycles. The number of carbonyl (C=O) groups is 1. The Labute approximate surface area is 129 Å². The molecule has 22 heavy (non-hydrogen) atoms. The summed E-state index contributed by atoms with van der Waals surface area (Å²) in [5.74, 6) is 1.26. The lowest BCUT2D eigenvalue weighted by atomic mass is 9.94. The molecule has 3 rings (SSSR count). The quantitative estimate of drug-likeness (QED) is 0.809. The van der Waals surface area contributed by atoms with Crippen LogP contribution in [0.25, 0.3) is 0 Å². The molecule has 0 saturated heterocycles. The number of oxazole rings is 1. The maximum absolute atomic E-state index is 12.2. The summed E-state index contributed by atoms with van der Waals surface area (Å²) in [5, 5.41) is 0. The van der Waals surface area contributed by atoms with Gasteiger partial charge >= 0.3 is 5.97 Å². The van der Waals surface area contributed by atoms with Gasteiger partial charge in [-0.15, -0.1) is 0 Å². The average Bonchev–Trinajstić information content (AvgIpc) is 3.02. The summed E-state index contributed by atoms with van der Waals surface area (Å²) in [6.07, 6.45) is 2.12. The standard InChI is InChI=1S/C17H19NO4/c1-11(2)16-15(18-10-22-16)17(19)21-9-12-7-8-20-14-6-4-3-5-13(12)14/h3-6,10-12H,7-9H2,1-2H3/t12-/m0/s1. The van der Waals surface area contributed by atoms with Gasteiger partial charge in [-0.2, -0.15) is 0 Å². The Balaban J connectivity index is 1.68. The van der Waals surface area contributed by atoms with Crippen LogP contribution in [0, 0.1) is 0 Å². The number of ether oxygens (including phenoxy) is 2. The second kappa shape index (κ2) is 6.22. The second-order valence-corrected chi connectivity index (χ2v) is 5.69. The zero-order valence-corrected chi connectivity index (χ0v) is 12.7. The summed E-state index contributed by atoms with van der Waals surface area (Å²) in [6, 6.07) is 7.87. The maximum atomic E-state index is 12.2. The summed E-state index contributed by atoms with van der Waals surface area (Å²) in [4.78, 5) is 16.2. The molecule has 0 aliphatic carbocycles. The first-order chi connectivity index (χ1) is 10.7. The van der Waals surface area contributed by atoms with E-state index in [9.17, 15) is 4.79 Å². The molecule has 5 heteroatoms. The third-order valence-electron chi connectivity index (χ3n) is 3.81. The minimum Gasteiger partial charge on any atom is -0.493 e. The fourth-order valence-corrected chi connectivity index (χ4v) is 2.65. The molecule has 2 heterocycles. The van der Waals surface area contributed by atoms with Gasteiger partial charge in [0.25, 0.3) is 0 Å². The Morgan fingerprint density at radius 3 is 3.05 bits per heavy atom. The molecule has 1 aromatic carbocycles. The van der Waals surface area contributed by atoms with E-state index in [-0.39, 0.29) is 17.5 Å². The zero-order valence-electron chi connectivity index (χ0n) is 12.7. The SMILES string of the molecule is CC(C)c1ocnc1C(=O)OC[C@@H]1CCOc2ccccc21. The van der Waals surface area contributed by atoms with Crippen LogP contribution >= 0.6 is 0 Å². The summed E-state index contributed by atoms with van der Waals surface area (Å²) >= 11 is 0. The molecule has 5 nitrogen and oxygen atoms in total. The maximum Gasteiger partial charge on any atom is 0.360 e. The van der Waals surface area contributed by atoms with Gasteiger partial charge in [-0.25, -0.2) is 9.78 Å². The Bertz CT molecular complexity index is 662. The summed E-state index contributed by atoms with van der Waals surface area (Å²) < 4.78 is 16.3. The average molecular weight is 301 g/mol. The Hall–Kier alpha value is -2.30. The molecule has 1 atom stereocenters. The zero-order chi connectivity index (χ0) is 15.5. The first kappa shape index (κ1) is 14.6. The van der Waals surface area contributed by atoms with Gasteiger partial charge in [-0.1, -0.05) is 32.0 Å². The van der Waals surface area contributed by atoms with Gasteiger partial charge in [0, 0.05) is 17.4 Å². The molecule has 1 aliphatic rings. The fourth-order valence-electron chi connectivity index (χ4n) is 2.65. The van der Waals surface area contributed by atoms with Crippen LogP contribution in [0.5, 0.6) is 5.75 Å². The molecule has 0 saturated carbocycles. The number of rotatable bonds is 4. The highest BCUT2D eigenvalue weighted by molar-refractivity contribution is 5.88. The third-order valence-corrected chi connectivity index (χ3v) is 3.81. The summed E-state index contributed by atoms with van der Waals surface area (Å²) in [5.41, 5.74) is 1.36. The van der Waals surface area contributed by atoms with Crippen molar-refractivity contribution in [1.29, 1.82) is 0 Å². The molecule has 116 valence electrons. The van der Waals surface area contributed by atoms with E-state index in [4.69, 9.17) is 13.9 Å². The molecule has 0 radical (unpaired) electrons. The Morgan fingerprint density at radius 1 is 1.41 bits per heavy atom. The van der Waals surface area contributed by atoms with E-state index in [1.165, 1.54) is 6.39 Å². The van der Waals surface area contributed by atoms with E-state index in [0.717, 1.165) is 17.7 Å². The molecule has 0 amide bonds. The van der Waals surface area contributed by atoms with Gasteiger partial charge in [0.1, 0.15) is 11.5 Å². The lowest BCUT2D eigenvalue weighted by molar-refractivity contribution is 0.0450. The van der Waals surface area contributed by atoms with Crippen molar-refractivity contribution < 1.29 is 18.7 Å². The highest BCUT2D eigenvalue weighted by Crippen LogP contribution is 2.33. The van der Waals surface area contributed by atoms with E-state index in [1.807, 2.05) is 38.1 Å². The number of para-hydroxylation sites is 1. The Kier molecular flexibility index (Phi) is 4.13. The molecule has 2 aromatic rings. The van der Waals surface area contributed by atoms with E-state index < -0.39 is 5.97 Å². The van der Waals surface area contributed by atoms with Crippen LogP contribution in [0.4, 0.5) is 0 Å². The second-order valence-electron chi connectivity index (χ2n) is 5.69. The monoisotopic (exact) mass is 301 g/mol. The highest BCUT2D eigenvalue weighted by Gasteiger charge is 2.25. The van der Waals surface area contributed by atoms with Crippen molar-refractivity contribution in [3.05, 3.63) is 47.7 Å². The van der Waals surface area contributed by atoms with E-state index in [2.05, 4.69) is 4.98 Å². The van der Waals surface area contributed by atoms with Gasteiger partial charge < -0.3 is 13.9 Å². The predicted octanol–water partition coefficient (Wildman–Crippen LogP) is 3.52. The van der Waals surface area contributed by atoms with E-state index >= 15 is 0 Å². The summed E-state index contributed by atoms with van der Waals surface area (Å²) in [6.45, 7) is 4.86. The Morgan fingerprint density at radius 2 is 2.23 bits per heavy atom. The van der Waals surface area contributed by atoms with Gasteiger partial charge in [0.2, 0.25) is 0 Å². The smallest absolute Gasteiger partial charge is 0.360 e. The number of benzene rings is 1. The van der Waals surface area contributed by atoms with Crippen LogP contribution in [-0.2, 0) is 4.74 Å². The van der Waals surface area contributed by atoms with Gasteiger partial charge in [-0.3, -0.25) is 0 Å². The largest absolute Gasteiger partial charge is 0.493 e. The van der Waals surface area contributed by atoms with E-state index in [0.29, 0.717) is 19.0 Å². The number of fused-ring (bicyclic) bond motifs is 1. The number of carbonyl (C=O) groups excluding carboxylic acids is 1. The first-order valence-corrected chi connectivity index (χ1v) is 7.49. The van der Waals surface area contributed by atoms with Crippen molar-refractivity contribution in [2.75, 3.05) is 13.2 Å². The normalized spacial score (nSPS) is 17.0. The number of hydrogen-bond donors (Lipinski definition) is 0. The molecule has 0 bridgehead atoms.